The van der Waals surface area contributed by atoms with Crippen molar-refractivity contribution in [2.75, 3.05) is 0 Å². The smallest absolute Gasteiger partial charge is 0.211 e. The summed E-state index contributed by atoms with van der Waals surface area (Å²) in [4.78, 5) is 16.1. The minimum absolute atomic E-state index is 0.0635. The van der Waals surface area contributed by atoms with Gasteiger partial charge in [0.15, 0.2) is 0 Å². The molecule has 2 aliphatic carbocycles. The van der Waals surface area contributed by atoms with Crippen LogP contribution in [0.2, 0.25) is 0 Å². The summed E-state index contributed by atoms with van der Waals surface area (Å²) in [5, 5.41) is 0. The summed E-state index contributed by atoms with van der Waals surface area (Å²) in [6.07, 6.45) is 25.8. The summed E-state index contributed by atoms with van der Waals surface area (Å²) in [5.41, 5.74) is -0.0635. The van der Waals surface area contributed by atoms with Crippen LogP contribution in [0.15, 0.2) is 4.99 Å². The van der Waals surface area contributed by atoms with E-state index in [9.17, 15) is 4.79 Å². The molecule has 2 aliphatic rings. The van der Waals surface area contributed by atoms with E-state index in [-0.39, 0.29) is 5.54 Å². The van der Waals surface area contributed by atoms with Gasteiger partial charge in [0.1, 0.15) is 0 Å². The standard InChI is InChI=1S/C23H41NO/c1-2-3-4-5-6-7-14-19-23(24-20-25,21-15-10-8-11-16-21)22-17-12-9-13-18-22/h21-22H,2-19H2,1H3. The molecule has 144 valence electrons. The fraction of sp³-hybridized carbons (Fsp3) is 0.957. The Labute approximate surface area is 156 Å². The van der Waals surface area contributed by atoms with Crippen molar-refractivity contribution in [2.24, 2.45) is 16.8 Å². The molecule has 2 heteroatoms. The Morgan fingerprint density at radius 1 is 0.760 bits per heavy atom. The quantitative estimate of drug-likeness (QED) is 0.218. The van der Waals surface area contributed by atoms with Crippen molar-refractivity contribution >= 4 is 6.08 Å². The van der Waals surface area contributed by atoms with Crippen LogP contribution in [-0.2, 0) is 4.79 Å². The summed E-state index contributed by atoms with van der Waals surface area (Å²) < 4.78 is 0. The molecule has 0 aromatic carbocycles. The van der Waals surface area contributed by atoms with E-state index < -0.39 is 0 Å². The molecule has 0 saturated heterocycles. The maximum absolute atomic E-state index is 11.4. The van der Waals surface area contributed by atoms with Crippen LogP contribution in [-0.4, -0.2) is 11.6 Å². The average molecular weight is 348 g/mol. The van der Waals surface area contributed by atoms with Crippen LogP contribution in [0.4, 0.5) is 0 Å². The highest BCUT2D eigenvalue weighted by Crippen LogP contribution is 2.48. The molecule has 0 bridgehead atoms. The van der Waals surface area contributed by atoms with Gasteiger partial charge in [-0.15, -0.1) is 0 Å². The third kappa shape index (κ3) is 6.24. The maximum atomic E-state index is 11.4. The van der Waals surface area contributed by atoms with Gasteiger partial charge in [-0.3, -0.25) is 0 Å². The number of rotatable bonds is 11. The minimum Gasteiger partial charge on any atom is -0.211 e. The first-order valence-electron chi connectivity index (χ1n) is 11.4. The van der Waals surface area contributed by atoms with Gasteiger partial charge in [0.2, 0.25) is 6.08 Å². The highest BCUT2D eigenvalue weighted by molar-refractivity contribution is 5.35. The Kier molecular flexibility index (Phi) is 9.84. The summed E-state index contributed by atoms with van der Waals surface area (Å²) >= 11 is 0. The van der Waals surface area contributed by atoms with Gasteiger partial charge in [0, 0.05) is 0 Å². The average Bonchev–Trinajstić information content (AvgIpc) is 2.68. The number of hydrogen-bond donors (Lipinski definition) is 0. The zero-order valence-corrected chi connectivity index (χ0v) is 16.7. The van der Waals surface area contributed by atoms with Crippen LogP contribution >= 0.6 is 0 Å². The van der Waals surface area contributed by atoms with Gasteiger partial charge in [-0.05, 0) is 43.9 Å². The molecule has 0 N–H and O–H groups in total. The molecule has 2 fully saturated rings. The zero-order valence-electron chi connectivity index (χ0n) is 16.7. The first kappa shape index (κ1) is 20.7. The summed E-state index contributed by atoms with van der Waals surface area (Å²) in [6, 6.07) is 0. The molecule has 0 radical (unpaired) electrons. The second kappa shape index (κ2) is 11.9. The molecule has 2 saturated carbocycles. The monoisotopic (exact) mass is 347 g/mol. The molecule has 0 aromatic heterocycles. The van der Waals surface area contributed by atoms with Crippen LogP contribution in [0.25, 0.3) is 0 Å². The molecule has 0 unspecified atom stereocenters. The van der Waals surface area contributed by atoms with Crippen LogP contribution in [0.5, 0.6) is 0 Å². The van der Waals surface area contributed by atoms with E-state index in [1.54, 1.807) is 0 Å². The predicted molar refractivity (Wildman–Crippen MR) is 107 cm³/mol. The van der Waals surface area contributed by atoms with Crippen LogP contribution < -0.4 is 0 Å². The first-order chi connectivity index (χ1) is 12.3. The minimum atomic E-state index is -0.0635. The first-order valence-corrected chi connectivity index (χ1v) is 11.4. The fourth-order valence-corrected chi connectivity index (χ4v) is 5.64. The zero-order chi connectivity index (χ0) is 17.8. The predicted octanol–water partition coefficient (Wildman–Crippen LogP) is 7.36. The molecule has 2 nitrogen and oxygen atoms in total. The molecule has 0 atom stereocenters. The number of hydrogen-bond acceptors (Lipinski definition) is 2. The van der Waals surface area contributed by atoms with E-state index in [0.29, 0.717) is 11.8 Å². The normalized spacial score (nSPS) is 20.4. The molecule has 25 heavy (non-hydrogen) atoms. The van der Waals surface area contributed by atoms with Crippen molar-refractivity contribution in [1.82, 2.24) is 0 Å². The Morgan fingerprint density at radius 3 is 1.72 bits per heavy atom. The molecule has 0 aromatic rings. The van der Waals surface area contributed by atoms with E-state index in [1.807, 2.05) is 6.08 Å². The number of carbonyl (C=O) groups excluding carboxylic acids is 1. The van der Waals surface area contributed by atoms with Crippen molar-refractivity contribution in [3.05, 3.63) is 0 Å². The van der Waals surface area contributed by atoms with Gasteiger partial charge in [0.05, 0.1) is 5.54 Å². The Hall–Kier alpha value is -0.620. The van der Waals surface area contributed by atoms with Gasteiger partial charge >= 0.3 is 0 Å². The Morgan fingerprint density at radius 2 is 1.24 bits per heavy atom. The van der Waals surface area contributed by atoms with Gasteiger partial charge in [-0.25, -0.2) is 4.79 Å². The molecule has 0 amide bonds. The topological polar surface area (TPSA) is 29.4 Å². The second-order valence-corrected chi connectivity index (χ2v) is 8.74. The van der Waals surface area contributed by atoms with Crippen molar-refractivity contribution in [2.45, 2.75) is 128 Å². The number of aliphatic imine (C=N–C) groups is 1. The van der Waals surface area contributed by atoms with Gasteiger partial charge in [-0.2, -0.15) is 4.99 Å². The molecule has 0 spiro atoms. The third-order valence-corrected chi connectivity index (χ3v) is 7.06. The second-order valence-electron chi connectivity index (χ2n) is 8.74. The van der Waals surface area contributed by atoms with E-state index in [2.05, 4.69) is 11.9 Å². The van der Waals surface area contributed by atoms with Crippen LogP contribution in [0.3, 0.4) is 0 Å². The molecule has 0 aliphatic heterocycles. The van der Waals surface area contributed by atoms with E-state index in [4.69, 9.17) is 0 Å². The lowest BCUT2D eigenvalue weighted by atomic mass is 9.62. The SMILES string of the molecule is CCCCCCCCCC(N=C=O)(C1CCCCC1)C1CCCCC1. The van der Waals surface area contributed by atoms with Crippen LogP contribution in [0.1, 0.15) is 122 Å². The lowest BCUT2D eigenvalue weighted by molar-refractivity contribution is 0.0960. The summed E-state index contributed by atoms with van der Waals surface area (Å²) in [5.74, 6) is 1.29. The molecular formula is C23H41NO. The van der Waals surface area contributed by atoms with Gasteiger partial charge < -0.3 is 0 Å². The van der Waals surface area contributed by atoms with Crippen LogP contribution in [0, 0.1) is 11.8 Å². The van der Waals surface area contributed by atoms with E-state index >= 15 is 0 Å². The third-order valence-electron chi connectivity index (χ3n) is 7.06. The van der Waals surface area contributed by atoms with E-state index in [0.717, 1.165) is 6.42 Å². The van der Waals surface area contributed by atoms with Crippen molar-refractivity contribution in [3.63, 3.8) is 0 Å². The fourth-order valence-electron chi connectivity index (χ4n) is 5.64. The maximum Gasteiger partial charge on any atom is 0.235 e. The molecule has 2 rings (SSSR count). The van der Waals surface area contributed by atoms with Crippen molar-refractivity contribution in [3.8, 4) is 0 Å². The summed E-state index contributed by atoms with van der Waals surface area (Å²) in [6.45, 7) is 2.28. The lowest BCUT2D eigenvalue weighted by Crippen LogP contribution is -2.45. The lowest BCUT2D eigenvalue weighted by Gasteiger charge is -2.46. The number of nitrogens with zero attached hydrogens (tertiary/aromatic N) is 1. The number of unbranched alkanes of at least 4 members (excludes halogenated alkanes) is 6. The van der Waals surface area contributed by atoms with Crippen molar-refractivity contribution in [1.29, 1.82) is 0 Å². The van der Waals surface area contributed by atoms with Crippen molar-refractivity contribution < 1.29 is 4.79 Å². The number of isocyanates is 1. The van der Waals surface area contributed by atoms with Gasteiger partial charge in [0.25, 0.3) is 0 Å². The molecule has 0 heterocycles. The van der Waals surface area contributed by atoms with E-state index in [1.165, 1.54) is 109 Å². The Balaban J connectivity index is 1.97. The summed E-state index contributed by atoms with van der Waals surface area (Å²) in [7, 11) is 0. The highest BCUT2D eigenvalue weighted by Gasteiger charge is 2.45. The largest absolute Gasteiger partial charge is 0.235 e. The van der Waals surface area contributed by atoms with Gasteiger partial charge in [-0.1, -0.05) is 90.4 Å². The Bertz CT molecular complexity index is 369. The highest BCUT2D eigenvalue weighted by atomic mass is 16.1. The molecular weight excluding hydrogens is 306 g/mol.